The molecule has 0 amide bonds. The molecule has 0 aliphatic carbocycles. The van der Waals surface area contributed by atoms with Crippen LogP contribution >= 0.6 is 0 Å². The minimum atomic E-state index is -0.529. The molecule has 0 unspecified atom stereocenters. The average Bonchev–Trinajstić information content (AvgIpc) is 2.47. The molecule has 5 heteroatoms. The summed E-state index contributed by atoms with van der Waals surface area (Å²) in [6.45, 7) is 3.39. The molecule has 0 bridgehead atoms. The summed E-state index contributed by atoms with van der Waals surface area (Å²) in [5, 5.41) is 12.0. The topological polar surface area (TPSA) is 41.8 Å². The molecule has 0 atom stereocenters. The second-order valence-electron chi connectivity index (χ2n) is 4.71. The van der Waals surface area contributed by atoms with E-state index in [1.807, 2.05) is 13.0 Å². The van der Waals surface area contributed by atoms with Gasteiger partial charge in [0, 0.05) is 11.1 Å². The van der Waals surface area contributed by atoms with Gasteiger partial charge in [0.05, 0.1) is 5.71 Å². The van der Waals surface area contributed by atoms with E-state index in [1.54, 1.807) is 19.1 Å². The van der Waals surface area contributed by atoms with Crippen LogP contribution in [0.15, 0.2) is 41.6 Å². The van der Waals surface area contributed by atoms with E-state index >= 15 is 0 Å². The van der Waals surface area contributed by atoms with Crippen LogP contribution in [0, 0.1) is 18.6 Å². The first-order valence-corrected chi connectivity index (χ1v) is 6.37. The molecule has 0 aliphatic rings. The van der Waals surface area contributed by atoms with Gasteiger partial charge in [-0.15, -0.1) is 0 Å². The standard InChI is InChI=1S/C16H15F2NO2/c1-10-3-5-14(11(2)19-20)16(7-10)21-9-12-8-13(17)4-6-15(12)18/h3-8,20H,9H2,1-2H3/b19-11-. The highest BCUT2D eigenvalue weighted by molar-refractivity contribution is 6.00. The number of benzene rings is 2. The minimum Gasteiger partial charge on any atom is -0.488 e. The Morgan fingerprint density at radius 2 is 1.95 bits per heavy atom. The van der Waals surface area contributed by atoms with E-state index < -0.39 is 11.6 Å². The van der Waals surface area contributed by atoms with Gasteiger partial charge in [-0.05, 0) is 49.7 Å². The summed E-state index contributed by atoms with van der Waals surface area (Å²) in [4.78, 5) is 0. The van der Waals surface area contributed by atoms with Crippen LogP contribution < -0.4 is 4.74 Å². The van der Waals surface area contributed by atoms with Crippen LogP contribution in [-0.2, 0) is 6.61 Å². The SMILES string of the molecule is C/C(=N/O)c1ccc(C)cc1OCc1cc(F)ccc1F. The molecule has 2 aromatic carbocycles. The van der Waals surface area contributed by atoms with Gasteiger partial charge in [0.25, 0.3) is 0 Å². The highest BCUT2D eigenvalue weighted by atomic mass is 19.1. The average molecular weight is 291 g/mol. The number of aryl methyl sites for hydroxylation is 1. The lowest BCUT2D eigenvalue weighted by Gasteiger charge is -2.12. The normalized spacial score (nSPS) is 11.5. The number of hydrogen-bond acceptors (Lipinski definition) is 3. The zero-order valence-electron chi connectivity index (χ0n) is 11.7. The fourth-order valence-electron chi connectivity index (χ4n) is 1.91. The summed E-state index contributed by atoms with van der Waals surface area (Å²) in [6, 6.07) is 8.56. The van der Waals surface area contributed by atoms with E-state index in [-0.39, 0.29) is 12.2 Å². The summed E-state index contributed by atoms with van der Waals surface area (Å²) in [5.41, 5.74) is 2.05. The van der Waals surface area contributed by atoms with Crippen molar-refractivity contribution in [3.05, 3.63) is 64.7 Å². The van der Waals surface area contributed by atoms with Gasteiger partial charge in [-0.25, -0.2) is 8.78 Å². The van der Waals surface area contributed by atoms with Gasteiger partial charge in [-0.2, -0.15) is 0 Å². The van der Waals surface area contributed by atoms with Gasteiger partial charge in [-0.3, -0.25) is 0 Å². The molecule has 110 valence electrons. The fraction of sp³-hybridized carbons (Fsp3) is 0.188. The van der Waals surface area contributed by atoms with Crippen molar-refractivity contribution in [1.82, 2.24) is 0 Å². The Morgan fingerprint density at radius 1 is 1.19 bits per heavy atom. The Hall–Kier alpha value is -2.43. The lowest BCUT2D eigenvalue weighted by atomic mass is 10.1. The lowest BCUT2D eigenvalue weighted by molar-refractivity contribution is 0.296. The van der Waals surface area contributed by atoms with Gasteiger partial charge in [-0.1, -0.05) is 11.2 Å². The lowest BCUT2D eigenvalue weighted by Crippen LogP contribution is -2.04. The third-order valence-electron chi connectivity index (χ3n) is 3.07. The third-order valence-corrected chi connectivity index (χ3v) is 3.07. The molecule has 1 N–H and O–H groups in total. The van der Waals surface area contributed by atoms with Crippen molar-refractivity contribution < 1.29 is 18.7 Å². The molecule has 0 spiro atoms. The van der Waals surface area contributed by atoms with Crippen LogP contribution in [0.3, 0.4) is 0 Å². The Morgan fingerprint density at radius 3 is 2.67 bits per heavy atom. The quantitative estimate of drug-likeness (QED) is 0.524. The van der Waals surface area contributed by atoms with Crippen molar-refractivity contribution in [3.63, 3.8) is 0 Å². The summed E-state index contributed by atoms with van der Waals surface area (Å²) in [5.74, 6) is -0.598. The minimum absolute atomic E-state index is 0.112. The number of hydrogen-bond donors (Lipinski definition) is 1. The summed E-state index contributed by atoms with van der Waals surface area (Å²) < 4.78 is 32.3. The molecule has 0 heterocycles. The van der Waals surface area contributed by atoms with E-state index in [1.165, 1.54) is 0 Å². The molecule has 2 rings (SSSR count). The molecule has 0 fully saturated rings. The maximum Gasteiger partial charge on any atom is 0.130 e. The first-order chi connectivity index (χ1) is 10.0. The van der Waals surface area contributed by atoms with Gasteiger partial charge < -0.3 is 9.94 Å². The largest absolute Gasteiger partial charge is 0.488 e. The number of rotatable bonds is 4. The van der Waals surface area contributed by atoms with E-state index in [2.05, 4.69) is 5.16 Å². The second-order valence-corrected chi connectivity index (χ2v) is 4.71. The Kier molecular flexibility index (Phi) is 4.52. The maximum absolute atomic E-state index is 13.6. The highest BCUT2D eigenvalue weighted by Crippen LogP contribution is 2.23. The predicted molar refractivity (Wildman–Crippen MR) is 75.9 cm³/mol. The molecule has 3 nitrogen and oxygen atoms in total. The molecule has 0 saturated carbocycles. The maximum atomic E-state index is 13.6. The molecular formula is C16H15F2NO2. The Balaban J connectivity index is 2.27. The van der Waals surface area contributed by atoms with Crippen LogP contribution in [0.2, 0.25) is 0 Å². The van der Waals surface area contributed by atoms with Gasteiger partial charge in [0.2, 0.25) is 0 Å². The first-order valence-electron chi connectivity index (χ1n) is 6.37. The highest BCUT2D eigenvalue weighted by Gasteiger charge is 2.10. The number of halogens is 2. The van der Waals surface area contributed by atoms with Gasteiger partial charge in [0.1, 0.15) is 24.0 Å². The van der Waals surface area contributed by atoms with Crippen molar-refractivity contribution in [1.29, 1.82) is 0 Å². The Labute approximate surface area is 121 Å². The predicted octanol–water partition coefficient (Wildman–Crippen LogP) is 4.05. The van der Waals surface area contributed by atoms with Crippen LogP contribution in [-0.4, -0.2) is 10.9 Å². The number of ether oxygens (including phenoxy) is 1. The molecule has 0 aromatic heterocycles. The van der Waals surface area contributed by atoms with Crippen molar-refractivity contribution in [2.24, 2.45) is 5.16 Å². The van der Waals surface area contributed by atoms with Crippen molar-refractivity contribution >= 4 is 5.71 Å². The third kappa shape index (κ3) is 3.56. The van der Waals surface area contributed by atoms with E-state index in [9.17, 15) is 8.78 Å². The molecular weight excluding hydrogens is 276 g/mol. The summed E-state index contributed by atoms with van der Waals surface area (Å²) >= 11 is 0. The van der Waals surface area contributed by atoms with E-state index in [0.717, 1.165) is 23.8 Å². The molecule has 21 heavy (non-hydrogen) atoms. The summed E-state index contributed by atoms with van der Waals surface area (Å²) in [7, 11) is 0. The van der Waals surface area contributed by atoms with Crippen LogP contribution in [0.25, 0.3) is 0 Å². The zero-order chi connectivity index (χ0) is 15.4. The van der Waals surface area contributed by atoms with Crippen LogP contribution in [0.5, 0.6) is 5.75 Å². The molecule has 0 saturated heterocycles. The van der Waals surface area contributed by atoms with Crippen molar-refractivity contribution in [2.45, 2.75) is 20.5 Å². The van der Waals surface area contributed by atoms with Crippen molar-refractivity contribution in [3.8, 4) is 5.75 Å². The fourth-order valence-corrected chi connectivity index (χ4v) is 1.91. The Bertz CT molecular complexity index is 684. The zero-order valence-corrected chi connectivity index (χ0v) is 11.7. The van der Waals surface area contributed by atoms with Crippen molar-refractivity contribution in [2.75, 3.05) is 0 Å². The van der Waals surface area contributed by atoms with E-state index in [0.29, 0.717) is 17.0 Å². The second kappa shape index (κ2) is 6.35. The number of nitrogens with zero attached hydrogens (tertiary/aromatic N) is 1. The monoisotopic (exact) mass is 291 g/mol. The molecule has 2 aromatic rings. The molecule has 0 radical (unpaired) electrons. The smallest absolute Gasteiger partial charge is 0.130 e. The van der Waals surface area contributed by atoms with E-state index in [4.69, 9.17) is 9.94 Å². The van der Waals surface area contributed by atoms with Gasteiger partial charge >= 0.3 is 0 Å². The first kappa shape index (κ1) is 15.0. The van der Waals surface area contributed by atoms with Gasteiger partial charge in [0.15, 0.2) is 0 Å². The molecule has 0 aliphatic heterocycles. The van der Waals surface area contributed by atoms with Crippen LogP contribution in [0.4, 0.5) is 8.78 Å². The summed E-state index contributed by atoms with van der Waals surface area (Å²) in [6.07, 6.45) is 0. The van der Waals surface area contributed by atoms with Crippen LogP contribution in [0.1, 0.15) is 23.6 Å². The number of oxime groups is 1.